The lowest BCUT2D eigenvalue weighted by Gasteiger charge is -2.45. The molecule has 7 nitrogen and oxygen atoms in total. The molecule has 5 rings (SSSR count). The average molecular weight is 367 g/mol. The van der Waals surface area contributed by atoms with Gasteiger partial charge in [-0.15, -0.1) is 0 Å². The molecule has 0 saturated heterocycles. The molecule has 4 unspecified atom stereocenters. The van der Waals surface area contributed by atoms with E-state index in [-0.39, 0.29) is 18.8 Å². The van der Waals surface area contributed by atoms with E-state index in [2.05, 4.69) is 4.98 Å². The van der Waals surface area contributed by atoms with Crippen molar-refractivity contribution in [2.75, 3.05) is 0 Å². The molecule has 1 fully saturated rings. The zero-order valence-electron chi connectivity index (χ0n) is 14.2. The van der Waals surface area contributed by atoms with Crippen LogP contribution in [0.5, 0.6) is 5.75 Å². The van der Waals surface area contributed by atoms with Gasteiger partial charge in [-0.1, -0.05) is 12.1 Å². The van der Waals surface area contributed by atoms with Gasteiger partial charge < -0.3 is 14.9 Å². The Morgan fingerprint density at radius 1 is 1.11 bits per heavy atom. The molecule has 2 N–H and O–H groups in total. The molecule has 3 aliphatic rings. The van der Waals surface area contributed by atoms with Crippen molar-refractivity contribution in [3.8, 4) is 5.75 Å². The molecule has 1 aromatic carbocycles. The number of rotatable bonds is 5. The van der Waals surface area contributed by atoms with E-state index in [1.807, 2.05) is 6.07 Å². The van der Waals surface area contributed by atoms with Crippen LogP contribution in [0.4, 0.5) is 0 Å². The predicted octanol–water partition coefficient (Wildman–Crippen LogP) is 2.22. The molecule has 27 heavy (non-hydrogen) atoms. The third kappa shape index (κ3) is 2.85. The number of carbonyl (C=O) groups excluding carboxylic acids is 1. The first-order chi connectivity index (χ1) is 13.0. The van der Waals surface area contributed by atoms with Crippen molar-refractivity contribution < 1.29 is 29.3 Å². The van der Waals surface area contributed by atoms with E-state index < -0.39 is 35.6 Å². The summed E-state index contributed by atoms with van der Waals surface area (Å²) in [7, 11) is 0. The average Bonchev–Trinajstić information content (AvgIpc) is 2.66. The molecule has 1 heterocycles. The summed E-state index contributed by atoms with van der Waals surface area (Å²) >= 11 is 0. The van der Waals surface area contributed by atoms with Gasteiger partial charge in [0.25, 0.3) is 0 Å². The van der Waals surface area contributed by atoms with E-state index in [0.29, 0.717) is 11.3 Å². The van der Waals surface area contributed by atoms with Crippen LogP contribution in [0.1, 0.15) is 34.9 Å². The SMILES string of the molecule is O=C1CC2c3ccc(OCc4cccnc4)cc3C1C(C(=O)O)C2C(=O)O. The minimum absolute atomic E-state index is 0.0638. The molecule has 4 atom stereocenters. The van der Waals surface area contributed by atoms with Gasteiger partial charge in [0.05, 0.1) is 17.8 Å². The summed E-state index contributed by atoms with van der Waals surface area (Å²) in [6.45, 7) is 0.286. The van der Waals surface area contributed by atoms with Gasteiger partial charge in [0, 0.05) is 30.3 Å². The van der Waals surface area contributed by atoms with Gasteiger partial charge in [-0.2, -0.15) is 0 Å². The molecule has 0 aliphatic heterocycles. The van der Waals surface area contributed by atoms with Gasteiger partial charge in [0.15, 0.2) is 0 Å². The molecule has 7 heteroatoms. The normalized spacial score (nSPS) is 25.7. The lowest BCUT2D eigenvalue weighted by atomic mass is 9.55. The van der Waals surface area contributed by atoms with Crippen LogP contribution in [0.2, 0.25) is 0 Å². The topological polar surface area (TPSA) is 114 Å². The van der Waals surface area contributed by atoms with Crippen molar-refractivity contribution in [3.63, 3.8) is 0 Å². The fourth-order valence-electron chi connectivity index (χ4n) is 4.32. The molecule has 138 valence electrons. The summed E-state index contributed by atoms with van der Waals surface area (Å²) in [5.41, 5.74) is 2.19. The van der Waals surface area contributed by atoms with Gasteiger partial charge in [-0.3, -0.25) is 19.4 Å². The lowest BCUT2D eigenvalue weighted by molar-refractivity contribution is -0.160. The number of ketones is 1. The molecule has 0 spiro atoms. The highest BCUT2D eigenvalue weighted by atomic mass is 16.5. The Morgan fingerprint density at radius 3 is 2.56 bits per heavy atom. The number of benzene rings is 1. The highest BCUT2D eigenvalue weighted by Gasteiger charge is 2.57. The standard InChI is InChI=1S/C20H17NO6/c22-15-7-14-12-4-3-11(27-9-10-2-1-5-21-8-10)6-13(12)16(15)18(20(25)26)17(14)19(23)24/h1-6,8,14,16-18H,7,9H2,(H,23,24)(H,25,26). The third-order valence-electron chi connectivity index (χ3n) is 5.44. The Bertz CT molecular complexity index is 925. The second-order valence-electron chi connectivity index (χ2n) is 6.92. The largest absolute Gasteiger partial charge is 0.489 e. The Balaban J connectivity index is 1.69. The van der Waals surface area contributed by atoms with Crippen molar-refractivity contribution in [3.05, 3.63) is 59.4 Å². The maximum atomic E-state index is 12.5. The van der Waals surface area contributed by atoms with Crippen molar-refractivity contribution in [1.82, 2.24) is 4.98 Å². The number of carboxylic acid groups (broad SMARTS) is 2. The fourth-order valence-corrected chi connectivity index (χ4v) is 4.32. The molecule has 0 amide bonds. The quantitative estimate of drug-likeness (QED) is 0.833. The number of hydrogen-bond donors (Lipinski definition) is 2. The van der Waals surface area contributed by atoms with Crippen molar-refractivity contribution in [2.24, 2.45) is 11.8 Å². The Kier molecular flexibility index (Phi) is 4.14. The van der Waals surface area contributed by atoms with Crippen molar-refractivity contribution >= 4 is 17.7 Å². The molecule has 2 bridgehead atoms. The van der Waals surface area contributed by atoms with Gasteiger partial charge in [-0.05, 0) is 29.3 Å². The number of aromatic nitrogens is 1. The third-order valence-corrected chi connectivity index (χ3v) is 5.44. The molecular weight excluding hydrogens is 350 g/mol. The molecule has 1 aromatic heterocycles. The molecule has 3 aliphatic carbocycles. The van der Waals surface area contributed by atoms with Crippen LogP contribution in [0.3, 0.4) is 0 Å². The molecule has 2 aromatic rings. The molecule has 1 saturated carbocycles. The lowest BCUT2D eigenvalue weighted by Crippen LogP contribution is -2.49. The summed E-state index contributed by atoms with van der Waals surface area (Å²) in [5, 5.41) is 19.1. The number of carbonyl (C=O) groups is 3. The number of Topliss-reactive ketones (excluding diaryl/α,β-unsaturated/α-hetero) is 1. The number of hydrogen-bond acceptors (Lipinski definition) is 5. The van der Waals surface area contributed by atoms with Crippen LogP contribution in [-0.4, -0.2) is 32.9 Å². The van der Waals surface area contributed by atoms with Crippen LogP contribution in [0, 0.1) is 11.8 Å². The Morgan fingerprint density at radius 2 is 1.89 bits per heavy atom. The Hall–Kier alpha value is -3.22. The molecule has 0 radical (unpaired) electrons. The maximum absolute atomic E-state index is 12.5. The highest BCUT2D eigenvalue weighted by molar-refractivity contribution is 5.98. The minimum Gasteiger partial charge on any atom is -0.489 e. The Labute approximate surface area is 154 Å². The second kappa shape index (κ2) is 6.50. The first-order valence-electron chi connectivity index (χ1n) is 8.61. The first kappa shape index (κ1) is 17.2. The van der Waals surface area contributed by atoms with Crippen molar-refractivity contribution in [2.45, 2.75) is 24.9 Å². The predicted molar refractivity (Wildman–Crippen MR) is 92.4 cm³/mol. The van der Waals surface area contributed by atoms with Crippen LogP contribution in [0.15, 0.2) is 42.7 Å². The van der Waals surface area contributed by atoms with Crippen LogP contribution in [-0.2, 0) is 21.0 Å². The van der Waals surface area contributed by atoms with E-state index in [1.165, 1.54) is 0 Å². The fraction of sp³-hybridized carbons (Fsp3) is 0.300. The summed E-state index contributed by atoms with van der Waals surface area (Å²) in [5.74, 6) is -6.07. The number of carboxylic acids is 2. The minimum atomic E-state index is -1.25. The van der Waals surface area contributed by atoms with E-state index in [9.17, 15) is 24.6 Å². The number of fused-ring (bicyclic) bond motifs is 2. The van der Waals surface area contributed by atoms with Gasteiger partial charge in [-0.25, -0.2) is 0 Å². The summed E-state index contributed by atoms with van der Waals surface area (Å²) < 4.78 is 5.76. The summed E-state index contributed by atoms with van der Waals surface area (Å²) in [6.07, 6.45) is 3.41. The van der Waals surface area contributed by atoms with Gasteiger partial charge in [0.2, 0.25) is 0 Å². The van der Waals surface area contributed by atoms with Crippen LogP contribution < -0.4 is 4.74 Å². The maximum Gasteiger partial charge on any atom is 0.308 e. The number of aliphatic carboxylic acids is 2. The van der Waals surface area contributed by atoms with E-state index in [0.717, 1.165) is 11.1 Å². The second-order valence-corrected chi connectivity index (χ2v) is 6.92. The number of ether oxygens (including phenoxy) is 1. The van der Waals surface area contributed by atoms with Crippen LogP contribution in [0.25, 0.3) is 0 Å². The highest BCUT2D eigenvalue weighted by Crippen LogP contribution is 2.54. The summed E-state index contributed by atoms with van der Waals surface area (Å²) in [6, 6.07) is 8.83. The number of nitrogens with zero attached hydrogens (tertiary/aromatic N) is 1. The van der Waals surface area contributed by atoms with Crippen molar-refractivity contribution in [1.29, 1.82) is 0 Å². The smallest absolute Gasteiger partial charge is 0.308 e. The zero-order valence-corrected chi connectivity index (χ0v) is 14.2. The summed E-state index contributed by atoms with van der Waals surface area (Å²) in [4.78, 5) is 40.0. The van der Waals surface area contributed by atoms with Gasteiger partial charge >= 0.3 is 11.9 Å². The zero-order chi connectivity index (χ0) is 19.1. The van der Waals surface area contributed by atoms with Crippen LogP contribution >= 0.6 is 0 Å². The molecular formula is C20H17NO6. The van der Waals surface area contributed by atoms with E-state index >= 15 is 0 Å². The monoisotopic (exact) mass is 367 g/mol. The van der Waals surface area contributed by atoms with E-state index in [1.54, 1.807) is 36.7 Å². The first-order valence-corrected chi connectivity index (χ1v) is 8.61. The van der Waals surface area contributed by atoms with Gasteiger partial charge in [0.1, 0.15) is 18.1 Å². The number of pyridine rings is 1. The van der Waals surface area contributed by atoms with E-state index in [4.69, 9.17) is 4.74 Å².